The predicted octanol–water partition coefficient (Wildman–Crippen LogP) is 0.773. The fourth-order valence-electron chi connectivity index (χ4n) is 1.78. The highest BCUT2D eigenvalue weighted by atomic mass is 16.5. The molecule has 1 fully saturated rings. The van der Waals surface area contributed by atoms with Gasteiger partial charge < -0.3 is 15.2 Å². The summed E-state index contributed by atoms with van der Waals surface area (Å²) >= 11 is 0. The molecule has 2 N–H and O–H groups in total. The van der Waals surface area contributed by atoms with Crippen molar-refractivity contribution in [2.24, 2.45) is 5.92 Å². The van der Waals surface area contributed by atoms with Crippen LogP contribution in [0.1, 0.15) is 25.7 Å². The highest BCUT2D eigenvalue weighted by molar-refractivity contribution is 4.67. The van der Waals surface area contributed by atoms with Crippen molar-refractivity contribution < 1.29 is 9.84 Å². The molecule has 1 atom stereocenters. The van der Waals surface area contributed by atoms with Crippen molar-refractivity contribution in [1.82, 2.24) is 5.32 Å². The normalized spacial score (nSPS) is 20.8. The first-order valence-corrected chi connectivity index (χ1v) is 5.22. The first-order chi connectivity index (χ1) is 6.36. The van der Waals surface area contributed by atoms with Crippen molar-refractivity contribution in [1.29, 1.82) is 0 Å². The van der Waals surface area contributed by atoms with Crippen LogP contribution in [-0.4, -0.2) is 38.0 Å². The van der Waals surface area contributed by atoms with Crippen LogP contribution in [0.2, 0.25) is 0 Å². The summed E-state index contributed by atoms with van der Waals surface area (Å²) < 4.78 is 5.54. The molecule has 0 radical (unpaired) electrons. The number of aliphatic hydroxyl groups excluding tert-OH is 1. The summed E-state index contributed by atoms with van der Waals surface area (Å²) in [6, 6.07) is 0.0985. The van der Waals surface area contributed by atoms with Crippen molar-refractivity contribution >= 4 is 0 Å². The highest BCUT2D eigenvalue weighted by Crippen LogP contribution is 2.24. The lowest BCUT2D eigenvalue weighted by atomic mass is 10.1. The Labute approximate surface area is 80.5 Å². The lowest BCUT2D eigenvalue weighted by Crippen LogP contribution is -2.34. The van der Waals surface area contributed by atoms with Gasteiger partial charge in [-0.2, -0.15) is 0 Å². The molecule has 0 aromatic carbocycles. The summed E-state index contributed by atoms with van der Waals surface area (Å²) in [5.41, 5.74) is 0. The topological polar surface area (TPSA) is 41.5 Å². The molecule has 3 heteroatoms. The zero-order chi connectivity index (χ0) is 9.52. The number of likely N-dealkylation sites (N-methyl/N-ethyl adjacent to an activating group) is 1. The first kappa shape index (κ1) is 11.0. The lowest BCUT2D eigenvalue weighted by molar-refractivity contribution is 0.0686. The van der Waals surface area contributed by atoms with Gasteiger partial charge in [0.25, 0.3) is 0 Å². The average Bonchev–Trinajstić information content (AvgIpc) is 2.65. The Bertz CT molecular complexity index is 118. The largest absolute Gasteiger partial charge is 0.395 e. The molecule has 1 unspecified atom stereocenters. The molecule has 0 aliphatic heterocycles. The van der Waals surface area contributed by atoms with E-state index in [2.05, 4.69) is 5.32 Å². The molecule has 13 heavy (non-hydrogen) atoms. The molecule has 1 rings (SSSR count). The van der Waals surface area contributed by atoms with Crippen LogP contribution in [0.5, 0.6) is 0 Å². The molecule has 0 saturated heterocycles. The fraction of sp³-hybridized carbons (Fsp3) is 1.00. The highest BCUT2D eigenvalue weighted by Gasteiger charge is 2.15. The van der Waals surface area contributed by atoms with E-state index in [9.17, 15) is 0 Å². The average molecular weight is 187 g/mol. The minimum atomic E-state index is 0.0985. The van der Waals surface area contributed by atoms with E-state index in [4.69, 9.17) is 9.84 Å². The third-order valence-corrected chi connectivity index (χ3v) is 2.78. The number of hydrogen-bond acceptors (Lipinski definition) is 3. The van der Waals surface area contributed by atoms with Crippen LogP contribution in [-0.2, 0) is 4.74 Å². The van der Waals surface area contributed by atoms with Gasteiger partial charge in [-0.3, -0.25) is 0 Å². The van der Waals surface area contributed by atoms with E-state index in [0.717, 1.165) is 12.5 Å². The van der Waals surface area contributed by atoms with Crippen LogP contribution >= 0.6 is 0 Å². The minimum absolute atomic E-state index is 0.0985. The molecule has 1 saturated carbocycles. The van der Waals surface area contributed by atoms with Crippen LogP contribution in [0.4, 0.5) is 0 Å². The summed E-state index contributed by atoms with van der Waals surface area (Å²) in [5, 5.41) is 11.9. The molecule has 0 amide bonds. The summed E-state index contributed by atoms with van der Waals surface area (Å²) in [5.74, 6) is 0.774. The Morgan fingerprint density at radius 2 is 2.15 bits per heavy atom. The first-order valence-electron chi connectivity index (χ1n) is 5.22. The van der Waals surface area contributed by atoms with E-state index in [1.165, 1.54) is 25.7 Å². The Kier molecular flexibility index (Phi) is 5.35. The van der Waals surface area contributed by atoms with E-state index in [1.54, 1.807) is 0 Å². The number of nitrogens with one attached hydrogen (secondary N) is 1. The van der Waals surface area contributed by atoms with E-state index in [0.29, 0.717) is 6.61 Å². The molecule has 1 aliphatic rings. The van der Waals surface area contributed by atoms with Gasteiger partial charge in [-0.05, 0) is 25.8 Å². The Balaban J connectivity index is 1.98. The second-order valence-electron chi connectivity index (χ2n) is 3.86. The quantitative estimate of drug-likeness (QED) is 0.645. The van der Waals surface area contributed by atoms with Crippen LogP contribution in [0.25, 0.3) is 0 Å². The Hall–Kier alpha value is -0.120. The lowest BCUT2D eigenvalue weighted by Gasteiger charge is -2.15. The van der Waals surface area contributed by atoms with Gasteiger partial charge in [0, 0.05) is 6.61 Å². The molecule has 0 aromatic rings. The maximum absolute atomic E-state index is 8.88. The molecule has 0 aromatic heterocycles. The van der Waals surface area contributed by atoms with Gasteiger partial charge >= 0.3 is 0 Å². The van der Waals surface area contributed by atoms with Crippen LogP contribution in [0.15, 0.2) is 0 Å². The third kappa shape index (κ3) is 4.07. The Morgan fingerprint density at radius 3 is 2.69 bits per heavy atom. The van der Waals surface area contributed by atoms with E-state index in [-0.39, 0.29) is 12.6 Å². The van der Waals surface area contributed by atoms with Gasteiger partial charge in [0.1, 0.15) is 0 Å². The standard InChI is InChI=1S/C10H21NO2/c1-11-10(6-12)8-13-7-9-4-2-3-5-9/h9-12H,2-8H2,1H3. The van der Waals surface area contributed by atoms with Gasteiger partial charge in [0.15, 0.2) is 0 Å². The third-order valence-electron chi connectivity index (χ3n) is 2.78. The predicted molar refractivity (Wildman–Crippen MR) is 52.7 cm³/mol. The summed E-state index contributed by atoms with van der Waals surface area (Å²) in [6.07, 6.45) is 5.37. The Morgan fingerprint density at radius 1 is 1.46 bits per heavy atom. The summed E-state index contributed by atoms with van der Waals surface area (Å²) in [7, 11) is 1.85. The number of ether oxygens (including phenoxy) is 1. The van der Waals surface area contributed by atoms with Crippen LogP contribution in [0.3, 0.4) is 0 Å². The molecule has 3 nitrogen and oxygen atoms in total. The fourth-order valence-corrected chi connectivity index (χ4v) is 1.78. The van der Waals surface area contributed by atoms with E-state index >= 15 is 0 Å². The zero-order valence-corrected chi connectivity index (χ0v) is 8.46. The van der Waals surface area contributed by atoms with Crippen molar-refractivity contribution in [2.45, 2.75) is 31.7 Å². The van der Waals surface area contributed by atoms with Gasteiger partial charge in [0.05, 0.1) is 19.3 Å². The van der Waals surface area contributed by atoms with Gasteiger partial charge in [-0.15, -0.1) is 0 Å². The molecule has 0 spiro atoms. The van der Waals surface area contributed by atoms with Crippen molar-refractivity contribution in [3.05, 3.63) is 0 Å². The molecule has 0 heterocycles. The summed E-state index contributed by atoms with van der Waals surface area (Å²) in [6.45, 7) is 1.66. The van der Waals surface area contributed by atoms with Crippen LogP contribution in [0, 0.1) is 5.92 Å². The minimum Gasteiger partial charge on any atom is -0.395 e. The smallest absolute Gasteiger partial charge is 0.0642 e. The van der Waals surface area contributed by atoms with E-state index in [1.807, 2.05) is 7.05 Å². The van der Waals surface area contributed by atoms with Crippen molar-refractivity contribution in [3.63, 3.8) is 0 Å². The summed E-state index contributed by atoms with van der Waals surface area (Å²) in [4.78, 5) is 0. The van der Waals surface area contributed by atoms with Gasteiger partial charge in [0.2, 0.25) is 0 Å². The van der Waals surface area contributed by atoms with Crippen molar-refractivity contribution in [2.75, 3.05) is 26.9 Å². The SMILES string of the molecule is CNC(CO)COCC1CCCC1. The molecular weight excluding hydrogens is 166 g/mol. The monoisotopic (exact) mass is 187 g/mol. The molecule has 78 valence electrons. The van der Waals surface area contributed by atoms with Gasteiger partial charge in [-0.1, -0.05) is 12.8 Å². The maximum Gasteiger partial charge on any atom is 0.0642 e. The van der Waals surface area contributed by atoms with Crippen molar-refractivity contribution in [3.8, 4) is 0 Å². The molecule has 1 aliphatic carbocycles. The molecule has 0 bridgehead atoms. The second-order valence-corrected chi connectivity index (χ2v) is 3.86. The zero-order valence-electron chi connectivity index (χ0n) is 8.46. The molecular formula is C10H21NO2. The number of aliphatic hydroxyl groups is 1. The van der Waals surface area contributed by atoms with Crippen LogP contribution < -0.4 is 5.32 Å². The second kappa shape index (κ2) is 6.35. The maximum atomic E-state index is 8.88. The number of rotatable bonds is 6. The number of hydrogen-bond donors (Lipinski definition) is 2. The van der Waals surface area contributed by atoms with E-state index < -0.39 is 0 Å². The van der Waals surface area contributed by atoms with Gasteiger partial charge in [-0.25, -0.2) is 0 Å².